The van der Waals surface area contributed by atoms with Crippen LogP contribution in [-0.2, 0) is 55.4 Å². The number of hydrogen-bond acceptors (Lipinski definition) is 15. The first-order chi connectivity index (χ1) is 28.8. The number of aromatic nitrogens is 8. The molecule has 2 aromatic carbocycles. The fourth-order valence-corrected chi connectivity index (χ4v) is 9.38. The molecule has 0 fully saturated rings. The molecule has 6 aromatic rings. The van der Waals surface area contributed by atoms with E-state index in [1.165, 1.54) is 12.5 Å². The molecule has 0 bridgehead atoms. The first kappa shape index (κ1) is 47.4. The molecule has 0 saturated heterocycles. The Morgan fingerprint density at radius 3 is 1.39 bits per heavy atom. The molecule has 8 rings (SSSR count). The molecule has 17 nitrogen and oxygen atoms in total. The Hall–Kier alpha value is -5.62. The van der Waals surface area contributed by atoms with Crippen molar-refractivity contribution < 1.29 is 31.5 Å². The summed E-state index contributed by atoms with van der Waals surface area (Å²) in [5, 5.41) is 9.40. The molecule has 0 radical (unpaired) electrons. The number of fused-ring (bicyclic) bond motifs is 6. The van der Waals surface area contributed by atoms with E-state index < -0.39 is 19.7 Å². The van der Waals surface area contributed by atoms with E-state index in [2.05, 4.69) is 68.5 Å². The highest BCUT2D eigenvalue weighted by molar-refractivity contribution is 7.91. The summed E-state index contributed by atoms with van der Waals surface area (Å²) >= 11 is 0. The molecule has 4 aromatic heterocycles. The van der Waals surface area contributed by atoms with Gasteiger partial charge in [-0.3, -0.25) is 0 Å². The second kappa shape index (κ2) is 18.8. The summed E-state index contributed by atoms with van der Waals surface area (Å²) in [6, 6.07) is 10.2. The third kappa shape index (κ3) is 9.40. The quantitative estimate of drug-likeness (QED) is 0.196. The number of hydrogen-bond donors (Lipinski definition) is 1. The maximum absolute atomic E-state index is 12.0. The molecule has 0 spiro atoms. The Morgan fingerprint density at radius 2 is 1.06 bits per heavy atom. The van der Waals surface area contributed by atoms with Gasteiger partial charge in [-0.15, -0.1) is 0 Å². The van der Waals surface area contributed by atoms with E-state index in [9.17, 15) is 21.9 Å². The number of imidazole rings is 2. The Labute approximate surface area is 363 Å². The van der Waals surface area contributed by atoms with Crippen molar-refractivity contribution >= 4 is 59.8 Å². The first-order valence-electron chi connectivity index (χ1n) is 20.0. The van der Waals surface area contributed by atoms with E-state index in [4.69, 9.17) is 24.5 Å². The number of benzene rings is 2. The van der Waals surface area contributed by atoms with Crippen LogP contribution in [0, 0.1) is 25.7 Å². The van der Waals surface area contributed by atoms with Gasteiger partial charge in [0, 0.05) is 68.0 Å². The predicted octanol–water partition coefficient (Wildman–Crippen LogP) is 5.62. The van der Waals surface area contributed by atoms with E-state index in [0.29, 0.717) is 40.9 Å². The summed E-state index contributed by atoms with van der Waals surface area (Å²) in [5.74, 6) is 3.70. The van der Waals surface area contributed by atoms with Crippen LogP contribution in [0.2, 0.25) is 0 Å². The minimum Gasteiger partial charge on any atom is -0.392 e. The van der Waals surface area contributed by atoms with Crippen LogP contribution in [0.25, 0.3) is 22.1 Å². The Bertz CT molecular complexity index is 2660. The van der Waals surface area contributed by atoms with Crippen LogP contribution < -0.4 is 9.80 Å². The summed E-state index contributed by atoms with van der Waals surface area (Å²) in [6.07, 6.45) is 7.21. The first-order valence-corrected chi connectivity index (χ1v) is 23.8. The standard InChI is InChI=1S/C21H27N5O2S.C20H25N5O3S.CO2.CH4/c1-6-15-12-22-21(23-14(15)4)26-10-9-25-18-11-16(29(5,27)28)7-8-17(18)24-20(25)19(26)13(2)3;1-12(2)18-19-23-16-6-5-15(29(4,27)28)9-17(16)24(19)7-8-25(18)20-21-10-14(11-26)13(3)22-20;2-1-3;/h7-8,11-13,19H,6,9-10H2,1-5H3;5-6,9-10,12,18,26H,7-8,11H2,1-4H3;;1H4. The van der Waals surface area contributed by atoms with Gasteiger partial charge < -0.3 is 24.0 Å². The topological polar surface area (TPSA) is 216 Å². The minimum absolute atomic E-state index is 0. The zero-order chi connectivity index (χ0) is 44.6. The SMILES string of the molecule is C.CCc1cnc(N2CCn3c(nc4ccc(S(C)(=O)=O)cc43)C2C(C)C)nc1C.Cc1nc(N2CCn3c(nc4ccc(S(C)(=O)=O)cc43)C2C(C)C)ncc1CO.O=C=O. The number of aliphatic hydroxyl groups excluding tert-OH is 1. The summed E-state index contributed by atoms with van der Waals surface area (Å²) < 4.78 is 52.3. The zero-order valence-corrected chi connectivity index (χ0v) is 37.5. The molecule has 1 N–H and O–H groups in total. The predicted molar refractivity (Wildman–Crippen MR) is 236 cm³/mol. The van der Waals surface area contributed by atoms with Crippen molar-refractivity contribution in [2.45, 2.75) is 104 Å². The molecular weight excluding hydrogens is 833 g/mol. The number of rotatable bonds is 8. The van der Waals surface area contributed by atoms with E-state index in [-0.39, 0.29) is 44.1 Å². The highest BCUT2D eigenvalue weighted by Crippen LogP contribution is 2.38. The summed E-state index contributed by atoms with van der Waals surface area (Å²) in [5.41, 5.74) is 6.95. The summed E-state index contributed by atoms with van der Waals surface area (Å²) in [4.78, 5) is 49.5. The highest BCUT2D eigenvalue weighted by Gasteiger charge is 2.36. The van der Waals surface area contributed by atoms with Crippen molar-refractivity contribution in [1.29, 1.82) is 0 Å². The lowest BCUT2D eigenvalue weighted by molar-refractivity contribution is -0.191. The van der Waals surface area contributed by atoms with Gasteiger partial charge in [-0.1, -0.05) is 42.0 Å². The van der Waals surface area contributed by atoms with Gasteiger partial charge in [0.2, 0.25) is 11.9 Å². The number of nitrogens with zero attached hydrogens (tertiary/aromatic N) is 10. The number of anilines is 2. The zero-order valence-electron chi connectivity index (χ0n) is 35.9. The molecule has 2 aliphatic rings. The maximum atomic E-state index is 12.0. The van der Waals surface area contributed by atoms with Gasteiger partial charge in [0.25, 0.3) is 0 Å². The van der Waals surface area contributed by atoms with Crippen molar-refractivity contribution in [1.82, 2.24) is 39.0 Å². The summed E-state index contributed by atoms with van der Waals surface area (Å²) in [7, 11) is -6.55. The van der Waals surface area contributed by atoms with Crippen molar-refractivity contribution in [3.05, 3.63) is 83.0 Å². The highest BCUT2D eigenvalue weighted by atomic mass is 32.2. The molecular formula is C43H56N10O7S2. The van der Waals surface area contributed by atoms with Crippen LogP contribution in [0.3, 0.4) is 0 Å². The molecule has 0 saturated carbocycles. The smallest absolute Gasteiger partial charge is 0.373 e. The fraction of sp³-hybridized carbons (Fsp3) is 0.465. The lowest BCUT2D eigenvalue weighted by Gasteiger charge is -2.38. The third-order valence-electron chi connectivity index (χ3n) is 11.1. The third-order valence-corrected chi connectivity index (χ3v) is 13.4. The van der Waals surface area contributed by atoms with Gasteiger partial charge >= 0.3 is 6.15 Å². The molecule has 0 aliphatic carbocycles. The average Bonchev–Trinajstić information content (AvgIpc) is 3.77. The van der Waals surface area contributed by atoms with Gasteiger partial charge in [-0.25, -0.2) is 46.7 Å². The Kier molecular flexibility index (Phi) is 14.4. The minimum atomic E-state index is -3.29. The van der Waals surface area contributed by atoms with Gasteiger partial charge in [0.05, 0.1) is 50.5 Å². The molecule has 19 heteroatoms. The lowest BCUT2D eigenvalue weighted by atomic mass is 10.00. The number of carbonyl (C=O) groups excluding carboxylic acids is 2. The molecule has 6 heterocycles. The van der Waals surface area contributed by atoms with Crippen LogP contribution in [-0.4, -0.2) is 92.7 Å². The monoisotopic (exact) mass is 888 g/mol. The fourth-order valence-electron chi connectivity index (χ4n) is 8.10. The van der Waals surface area contributed by atoms with Crippen LogP contribution in [0.5, 0.6) is 0 Å². The van der Waals surface area contributed by atoms with Crippen molar-refractivity contribution in [3.8, 4) is 0 Å². The Morgan fingerprint density at radius 1 is 0.677 bits per heavy atom. The van der Waals surface area contributed by atoms with Gasteiger partial charge in [-0.05, 0) is 74.1 Å². The number of aliphatic hydroxyl groups is 1. The second-order valence-electron chi connectivity index (χ2n) is 16.0. The molecule has 2 unspecified atom stereocenters. The van der Waals surface area contributed by atoms with Crippen LogP contribution >= 0.6 is 0 Å². The van der Waals surface area contributed by atoms with E-state index in [0.717, 1.165) is 69.6 Å². The van der Waals surface area contributed by atoms with Crippen molar-refractivity contribution in [2.24, 2.45) is 11.8 Å². The van der Waals surface area contributed by atoms with Gasteiger partial charge in [0.15, 0.2) is 19.7 Å². The largest absolute Gasteiger partial charge is 0.392 e. The Balaban J connectivity index is 0.000000217. The maximum Gasteiger partial charge on any atom is 0.373 e. The molecule has 0 amide bonds. The molecule has 2 aliphatic heterocycles. The number of sulfone groups is 2. The van der Waals surface area contributed by atoms with E-state index in [1.807, 2.05) is 20.0 Å². The van der Waals surface area contributed by atoms with Gasteiger partial charge in [0.1, 0.15) is 11.6 Å². The van der Waals surface area contributed by atoms with E-state index in [1.54, 1.807) is 42.6 Å². The van der Waals surface area contributed by atoms with Crippen LogP contribution in [0.1, 0.15) is 88.3 Å². The average molecular weight is 889 g/mol. The molecule has 2 atom stereocenters. The molecule has 332 valence electrons. The second-order valence-corrected chi connectivity index (χ2v) is 20.0. The van der Waals surface area contributed by atoms with Crippen LogP contribution in [0.15, 0.2) is 58.6 Å². The summed E-state index contributed by atoms with van der Waals surface area (Å²) in [6.45, 7) is 17.3. The van der Waals surface area contributed by atoms with Crippen LogP contribution in [0.4, 0.5) is 11.9 Å². The normalized spacial score (nSPS) is 16.2. The van der Waals surface area contributed by atoms with E-state index >= 15 is 0 Å². The van der Waals surface area contributed by atoms with Crippen molar-refractivity contribution in [3.63, 3.8) is 0 Å². The van der Waals surface area contributed by atoms with Gasteiger partial charge in [-0.2, -0.15) is 9.59 Å². The molecule has 62 heavy (non-hydrogen) atoms. The lowest BCUT2D eigenvalue weighted by Crippen LogP contribution is -2.42. The van der Waals surface area contributed by atoms with Crippen molar-refractivity contribution in [2.75, 3.05) is 35.4 Å². The number of aryl methyl sites for hydroxylation is 3.